The predicted octanol–water partition coefficient (Wildman–Crippen LogP) is -4.20. The number of hydrogen-bond acceptors (Lipinski definition) is 8. The van der Waals surface area contributed by atoms with Gasteiger partial charge in [-0.2, -0.15) is 0 Å². The van der Waals surface area contributed by atoms with Gasteiger partial charge in [-0.3, -0.25) is 8.92 Å². The zero-order chi connectivity index (χ0) is 12.4. The third-order valence-corrected chi connectivity index (χ3v) is 1.51. The standard InChI is InChI=1S/C6H14O6.O2Si/c7-1-3(9)5(11)6(12)4(10)2-8;1-3-2/h3-12H,1-2H2;/t3-,4+,5-,6-;/m1./s1. The summed E-state index contributed by atoms with van der Waals surface area (Å²) in [5.41, 5.74) is 0. The molecule has 0 amide bonds. The third kappa shape index (κ3) is 7.50. The van der Waals surface area contributed by atoms with Gasteiger partial charge >= 0.3 is 9.29 Å². The summed E-state index contributed by atoms with van der Waals surface area (Å²) < 4.78 is 16.8. The van der Waals surface area contributed by atoms with Crippen LogP contribution in [-0.2, 0) is 8.92 Å². The molecule has 0 aromatic rings. The molecular formula is C6H14O8Si. The molecule has 0 aliphatic carbocycles. The molecule has 0 spiro atoms. The lowest BCUT2D eigenvalue weighted by Gasteiger charge is -2.24. The summed E-state index contributed by atoms with van der Waals surface area (Å²) in [5, 5.41) is 52.2. The fourth-order valence-corrected chi connectivity index (χ4v) is 0.671. The Morgan fingerprint density at radius 3 is 1.13 bits per heavy atom. The lowest BCUT2D eigenvalue weighted by atomic mass is 10.0. The topological polar surface area (TPSA) is 156 Å². The van der Waals surface area contributed by atoms with Gasteiger partial charge in [0.25, 0.3) is 0 Å². The van der Waals surface area contributed by atoms with Gasteiger partial charge < -0.3 is 30.6 Å². The van der Waals surface area contributed by atoms with Gasteiger partial charge in [-0.05, 0) is 0 Å². The fraction of sp³-hybridized carbons (Fsp3) is 1.00. The minimum Gasteiger partial charge on any atom is -0.394 e. The summed E-state index contributed by atoms with van der Waals surface area (Å²) in [5.74, 6) is 0. The van der Waals surface area contributed by atoms with E-state index < -0.39 is 46.9 Å². The molecule has 0 radical (unpaired) electrons. The van der Waals surface area contributed by atoms with Crippen LogP contribution in [0.1, 0.15) is 0 Å². The van der Waals surface area contributed by atoms with Crippen molar-refractivity contribution in [2.45, 2.75) is 24.4 Å². The van der Waals surface area contributed by atoms with Crippen LogP contribution in [0.25, 0.3) is 0 Å². The first-order valence-electron chi connectivity index (χ1n) is 3.89. The Labute approximate surface area is 87.4 Å². The summed E-state index contributed by atoms with van der Waals surface area (Å²) in [6.07, 6.45) is -6.39. The summed E-state index contributed by atoms with van der Waals surface area (Å²) in [6.45, 7) is -1.45. The van der Waals surface area contributed by atoms with Gasteiger partial charge in [-0.25, -0.2) is 0 Å². The van der Waals surface area contributed by atoms with E-state index in [1.54, 1.807) is 0 Å². The quantitative estimate of drug-likeness (QED) is 0.265. The van der Waals surface area contributed by atoms with Crippen LogP contribution in [0.15, 0.2) is 0 Å². The van der Waals surface area contributed by atoms with Crippen molar-refractivity contribution in [3.8, 4) is 0 Å². The average molecular weight is 242 g/mol. The van der Waals surface area contributed by atoms with Gasteiger partial charge in [0.2, 0.25) is 0 Å². The summed E-state index contributed by atoms with van der Waals surface area (Å²) >= 11 is 0. The van der Waals surface area contributed by atoms with Crippen molar-refractivity contribution in [2.75, 3.05) is 13.2 Å². The molecule has 90 valence electrons. The molecule has 0 aliphatic rings. The summed E-state index contributed by atoms with van der Waals surface area (Å²) in [4.78, 5) is 0. The van der Waals surface area contributed by atoms with Crippen molar-refractivity contribution in [1.82, 2.24) is 0 Å². The smallest absolute Gasteiger partial charge is 0.394 e. The zero-order valence-electron chi connectivity index (χ0n) is 7.72. The highest BCUT2D eigenvalue weighted by Gasteiger charge is 2.29. The molecular weight excluding hydrogens is 228 g/mol. The van der Waals surface area contributed by atoms with E-state index in [4.69, 9.17) is 39.6 Å². The molecule has 0 rings (SSSR count). The van der Waals surface area contributed by atoms with E-state index >= 15 is 0 Å². The highest BCUT2D eigenvalue weighted by atomic mass is 28.2. The Morgan fingerprint density at radius 1 is 0.800 bits per heavy atom. The molecule has 0 unspecified atom stereocenters. The Kier molecular flexibility index (Phi) is 11.4. The third-order valence-electron chi connectivity index (χ3n) is 1.51. The highest BCUT2D eigenvalue weighted by Crippen LogP contribution is 2.03. The Hall–Kier alpha value is -0.423. The number of aliphatic hydroxyl groups excluding tert-OH is 6. The van der Waals surface area contributed by atoms with Crippen LogP contribution in [-0.4, -0.2) is 77.6 Å². The van der Waals surface area contributed by atoms with Gasteiger partial charge in [-0.15, -0.1) is 0 Å². The molecule has 0 bridgehead atoms. The van der Waals surface area contributed by atoms with E-state index in [2.05, 4.69) is 0 Å². The van der Waals surface area contributed by atoms with Crippen molar-refractivity contribution in [3.05, 3.63) is 0 Å². The second-order valence-corrected chi connectivity index (χ2v) is 2.73. The second-order valence-electron chi connectivity index (χ2n) is 2.56. The first kappa shape index (κ1) is 17.0. The zero-order valence-corrected chi connectivity index (χ0v) is 8.72. The maximum Gasteiger partial charge on any atom is 0.549 e. The van der Waals surface area contributed by atoms with Gasteiger partial charge in [0.05, 0.1) is 13.2 Å². The maximum atomic E-state index is 8.96. The van der Waals surface area contributed by atoms with E-state index in [0.29, 0.717) is 0 Å². The molecule has 8 nitrogen and oxygen atoms in total. The first-order chi connectivity index (χ1) is 6.95. The number of aliphatic hydroxyl groups is 6. The molecule has 0 fully saturated rings. The Morgan fingerprint density at radius 2 is 1.00 bits per heavy atom. The molecule has 0 saturated carbocycles. The van der Waals surface area contributed by atoms with Crippen molar-refractivity contribution < 1.29 is 39.6 Å². The van der Waals surface area contributed by atoms with Crippen molar-refractivity contribution in [2.24, 2.45) is 0 Å². The summed E-state index contributed by atoms with van der Waals surface area (Å²) in [7, 11) is -1.42. The Bertz CT molecular complexity index is 168. The first-order valence-corrected chi connectivity index (χ1v) is 4.71. The molecule has 6 N–H and O–H groups in total. The van der Waals surface area contributed by atoms with Crippen molar-refractivity contribution in [3.63, 3.8) is 0 Å². The van der Waals surface area contributed by atoms with Crippen LogP contribution in [0.2, 0.25) is 0 Å². The predicted molar refractivity (Wildman–Crippen MR) is 45.3 cm³/mol. The molecule has 4 atom stereocenters. The van der Waals surface area contributed by atoms with Crippen LogP contribution in [0.5, 0.6) is 0 Å². The molecule has 9 heteroatoms. The second kappa shape index (κ2) is 10.1. The molecule has 0 heterocycles. The summed E-state index contributed by atoms with van der Waals surface area (Å²) in [6, 6.07) is 0. The van der Waals surface area contributed by atoms with E-state index in [0.717, 1.165) is 0 Å². The largest absolute Gasteiger partial charge is 0.549 e. The van der Waals surface area contributed by atoms with Crippen LogP contribution in [0, 0.1) is 0 Å². The SMILES string of the molecule is O=[Si]=O.OC[C@@H](O)[C@@H](O)[C@H](O)[C@@H](O)CO. The molecule has 0 saturated heterocycles. The lowest BCUT2D eigenvalue weighted by Crippen LogP contribution is -2.46. The van der Waals surface area contributed by atoms with Crippen molar-refractivity contribution >= 4 is 9.29 Å². The minimum atomic E-state index is -1.67. The molecule has 0 aromatic heterocycles. The monoisotopic (exact) mass is 242 g/mol. The number of rotatable bonds is 5. The Balaban J connectivity index is 0. The van der Waals surface area contributed by atoms with E-state index in [1.165, 1.54) is 0 Å². The maximum absolute atomic E-state index is 8.96. The van der Waals surface area contributed by atoms with Crippen molar-refractivity contribution in [1.29, 1.82) is 0 Å². The van der Waals surface area contributed by atoms with Crippen LogP contribution < -0.4 is 0 Å². The van der Waals surface area contributed by atoms with Gasteiger partial charge in [-0.1, -0.05) is 0 Å². The lowest BCUT2D eigenvalue weighted by molar-refractivity contribution is -0.123. The molecule has 0 aromatic carbocycles. The number of hydrogen-bond donors (Lipinski definition) is 6. The van der Waals surface area contributed by atoms with E-state index in [-0.39, 0.29) is 0 Å². The van der Waals surface area contributed by atoms with E-state index in [9.17, 15) is 0 Å². The van der Waals surface area contributed by atoms with Gasteiger partial charge in [0, 0.05) is 0 Å². The van der Waals surface area contributed by atoms with Gasteiger partial charge in [0.15, 0.2) is 0 Å². The normalized spacial score (nSPS) is 17.7. The van der Waals surface area contributed by atoms with Crippen LogP contribution in [0.4, 0.5) is 0 Å². The van der Waals surface area contributed by atoms with Crippen LogP contribution in [0.3, 0.4) is 0 Å². The average Bonchev–Trinajstić information content (AvgIpc) is 2.25. The van der Waals surface area contributed by atoms with Gasteiger partial charge in [0.1, 0.15) is 24.4 Å². The minimum absolute atomic E-state index is 0.726. The highest BCUT2D eigenvalue weighted by molar-refractivity contribution is 5.94. The molecule has 0 aliphatic heterocycles. The fourth-order valence-electron chi connectivity index (χ4n) is 0.671. The molecule has 15 heavy (non-hydrogen) atoms. The van der Waals surface area contributed by atoms with Crippen LogP contribution >= 0.6 is 0 Å². The van der Waals surface area contributed by atoms with E-state index in [1.807, 2.05) is 0 Å².